The molecule has 1 aromatic carbocycles. The molecule has 0 bridgehead atoms. The maximum absolute atomic E-state index is 13.6. The lowest BCUT2D eigenvalue weighted by Crippen LogP contribution is -2.27. The van der Waals surface area contributed by atoms with Crippen molar-refractivity contribution in [3.05, 3.63) is 53.6 Å². The van der Waals surface area contributed by atoms with Crippen LogP contribution in [0.2, 0.25) is 0 Å². The van der Waals surface area contributed by atoms with Crippen LogP contribution in [0.1, 0.15) is 22.6 Å². The second-order valence-electron chi connectivity index (χ2n) is 5.59. The number of anilines is 1. The Hall–Kier alpha value is -3.07. The number of benzene rings is 1. The summed E-state index contributed by atoms with van der Waals surface area (Å²) in [6.45, 7) is 0.984. The van der Waals surface area contributed by atoms with Crippen molar-refractivity contribution in [3.8, 4) is 0 Å². The third kappa shape index (κ3) is 4.12. The van der Waals surface area contributed by atoms with Gasteiger partial charge < -0.3 is 15.7 Å². The standard InChI is InChI=1S/C17H19FN6O2/c18-13-5-2-1-4-12(13)17(26)20-10-8-16-22-21-15-7-6-14(23-24(15)16)19-9-3-11-25/h1-2,4-7,25H,3,8-11H2,(H,19,23)(H,20,26). The number of nitrogens with one attached hydrogen (secondary N) is 2. The van der Waals surface area contributed by atoms with Gasteiger partial charge in [0.05, 0.1) is 5.56 Å². The fourth-order valence-corrected chi connectivity index (χ4v) is 2.41. The van der Waals surface area contributed by atoms with Gasteiger partial charge in [0.15, 0.2) is 11.5 Å². The van der Waals surface area contributed by atoms with E-state index in [1.807, 2.05) is 0 Å². The van der Waals surface area contributed by atoms with Crippen molar-refractivity contribution in [1.29, 1.82) is 0 Å². The molecule has 8 nitrogen and oxygen atoms in total. The first-order valence-corrected chi connectivity index (χ1v) is 8.28. The Morgan fingerprint density at radius 3 is 2.81 bits per heavy atom. The van der Waals surface area contributed by atoms with Crippen molar-refractivity contribution in [2.24, 2.45) is 0 Å². The van der Waals surface area contributed by atoms with E-state index in [1.165, 1.54) is 18.2 Å². The van der Waals surface area contributed by atoms with Gasteiger partial charge in [0.2, 0.25) is 0 Å². The number of carbonyl (C=O) groups is 1. The molecule has 0 aliphatic carbocycles. The number of aromatic nitrogens is 4. The zero-order valence-corrected chi connectivity index (χ0v) is 14.0. The van der Waals surface area contributed by atoms with Crippen molar-refractivity contribution in [2.45, 2.75) is 12.8 Å². The van der Waals surface area contributed by atoms with Crippen LogP contribution in [0.3, 0.4) is 0 Å². The lowest BCUT2D eigenvalue weighted by molar-refractivity contribution is 0.0950. The van der Waals surface area contributed by atoms with Crippen molar-refractivity contribution in [2.75, 3.05) is 25.0 Å². The molecule has 2 aromatic heterocycles. The minimum atomic E-state index is -0.557. The minimum Gasteiger partial charge on any atom is -0.396 e. The Balaban J connectivity index is 1.62. The largest absolute Gasteiger partial charge is 0.396 e. The first-order valence-electron chi connectivity index (χ1n) is 8.28. The van der Waals surface area contributed by atoms with Gasteiger partial charge in [0.25, 0.3) is 5.91 Å². The predicted octanol–water partition coefficient (Wildman–Crippen LogP) is 1.03. The highest BCUT2D eigenvalue weighted by Crippen LogP contribution is 2.08. The monoisotopic (exact) mass is 358 g/mol. The summed E-state index contributed by atoms with van der Waals surface area (Å²) in [5.74, 6) is 0.191. The van der Waals surface area contributed by atoms with E-state index < -0.39 is 11.7 Å². The zero-order chi connectivity index (χ0) is 18.4. The minimum absolute atomic E-state index is 0.00657. The lowest BCUT2D eigenvalue weighted by atomic mass is 10.2. The van der Waals surface area contributed by atoms with Crippen LogP contribution in [0.5, 0.6) is 0 Å². The molecule has 0 unspecified atom stereocenters. The number of hydrogen-bond acceptors (Lipinski definition) is 6. The molecular formula is C17H19FN6O2. The Kier molecular flexibility index (Phi) is 5.69. The predicted molar refractivity (Wildman–Crippen MR) is 93.4 cm³/mol. The molecule has 0 aliphatic heterocycles. The van der Waals surface area contributed by atoms with Crippen molar-refractivity contribution in [3.63, 3.8) is 0 Å². The molecule has 0 fully saturated rings. The molecule has 0 saturated carbocycles. The first-order chi connectivity index (χ1) is 12.7. The smallest absolute Gasteiger partial charge is 0.254 e. The van der Waals surface area contributed by atoms with E-state index >= 15 is 0 Å². The molecule has 0 radical (unpaired) electrons. The van der Waals surface area contributed by atoms with Crippen LogP contribution < -0.4 is 10.6 Å². The van der Waals surface area contributed by atoms with E-state index in [0.717, 1.165) is 0 Å². The summed E-state index contributed by atoms with van der Waals surface area (Å²) >= 11 is 0. The molecular weight excluding hydrogens is 339 g/mol. The van der Waals surface area contributed by atoms with E-state index in [1.54, 1.807) is 22.7 Å². The van der Waals surface area contributed by atoms with Crippen LogP contribution in [0.15, 0.2) is 36.4 Å². The number of hydrogen-bond donors (Lipinski definition) is 3. The van der Waals surface area contributed by atoms with Gasteiger partial charge in [-0.25, -0.2) is 4.39 Å². The summed E-state index contributed by atoms with van der Waals surface area (Å²) < 4.78 is 15.2. The third-order valence-corrected chi connectivity index (χ3v) is 3.72. The first kappa shape index (κ1) is 17.7. The number of aliphatic hydroxyl groups excluding tert-OH is 1. The van der Waals surface area contributed by atoms with Gasteiger partial charge in [-0.3, -0.25) is 4.79 Å². The van der Waals surface area contributed by atoms with E-state index in [4.69, 9.17) is 5.11 Å². The van der Waals surface area contributed by atoms with E-state index in [-0.39, 0.29) is 18.7 Å². The number of aliphatic hydroxyl groups is 1. The molecule has 3 aromatic rings. The number of carbonyl (C=O) groups excluding carboxylic acids is 1. The normalized spacial score (nSPS) is 10.8. The molecule has 1 amide bonds. The van der Waals surface area contributed by atoms with Crippen LogP contribution in [-0.4, -0.2) is 50.5 Å². The Labute approximate surface area is 149 Å². The molecule has 3 rings (SSSR count). The zero-order valence-electron chi connectivity index (χ0n) is 14.0. The summed E-state index contributed by atoms with van der Waals surface area (Å²) in [4.78, 5) is 12.0. The van der Waals surface area contributed by atoms with Gasteiger partial charge in [-0.05, 0) is 30.7 Å². The fourth-order valence-electron chi connectivity index (χ4n) is 2.41. The number of halogens is 1. The highest BCUT2D eigenvalue weighted by atomic mass is 19.1. The second-order valence-corrected chi connectivity index (χ2v) is 5.59. The lowest BCUT2D eigenvalue weighted by Gasteiger charge is -2.06. The summed E-state index contributed by atoms with van der Waals surface area (Å²) in [5, 5.41) is 27.1. The van der Waals surface area contributed by atoms with Crippen LogP contribution >= 0.6 is 0 Å². The summed E-state index contributed by atoms with van der Waals surface area (Å²) in [7, 11) is 0. The SMILES string of the molecule is O=C(NCCc1nnc2ccc(NCCCO)nn12)c1ccccc1F. The van der Waals surface area contributed by atoms with Crippen molar-refractivity contribution < 1.29 is 14.3 Å². The van der Waals surface area contributed by atoms with Gasteiger partial charge in [0, 0.05) is 26.1 Å². The Morgan fingerprint density at radius 1 is 1.15 bits per heavy atom. The molecule has 3 N–H and O–H groups in total. The maximum Gasteiger partial charge on any atom is 0.254 e. The summed E-state index contributed by atoms with van der Waals surface area (Å²) in [5.41, 5.74) is 0.597. The number of fused-ring (bicyclic) bond motifs is 1. The van der Waals surface area contributed by atoms with Gasteiger partial charge in [-0.2, -0.15) is 4.52 Å². The van der Waals surface area contributed by atoms with E-state index in [0.29, 0.717) is 36.7 Å². The van der Waals surface area contributed by atoms with Crippen LogP contribution in [0.4, 0.5) is 10.2 Å². The van der Waals surface area contributed by atoms with Crippen LogP contribution in [0, 0.1) is 5.82 Å². The molecule has 0 atom stereocenters. The number of nitrogens with zero attached hydrogens (tertiary/aromatic N) is 4. The molecule has 0 spiro atoms. The van der Waals surface area contributed by atoms with Crippen molar-refractivity contribution >= 4 is 17.4 Å². The molecule has 0 saturated heterocycles. The topological polar surface area (TPSA) is 104 Å². The quantitative estimate of drug-likeness (QED) is 0.520. The molecule has 26 heavy (non-hydrogen) atoms. The summed E-state index contributed by atoms with van der Waals surface area (Å²) in [6, 6.07) is 9.39. The van der Waals surface area contributed by atoms with Gasteiger partial charge in [-0.1, -0.05) is 12.1 Å². The highest BCUT2D eigenvalue weighted by Gasteiger charge is 2.12. The fraction of sp³-hybridized carbons (Fsp3) is 0.294. The van der Waals surface area contributed by atoms with Crippen molar-refractivity contribution in [1.82, 2.24) is 25.1 Å². The average molecular weight is 358 g/mol. The second kappa shape index (κ2) is 8.34. The van der Waals surface area contributed by atoms with Gasteiger partial charge in [0.1, 0.15) is 11.6 Å². The van der Waals surface area contributed by atoms with Gasteiger partial charge in [-0.15, -0.1) is 15.3 Å². The van der Waals surface area contributed by atoms with Crippen LogP contribution in [-0.2, 0) is 6.42 Å². The Morgan fingerprint density at radius 2 is 2.00 bits per heavy atom. The molecule has 2 heterocycles. The average Bonchev–Trinajstić information content (AvgIpc) is 3.05. The molecule has 0 aliphatic rings. The number of amides is 1. The summed E-state index contributed by atoms with van der Waals surface area (Å²) in [6.07, 6.45) is 1.02. The van der Waals surface area contributed by atoms with Gasteiger partial charge >= 0.3 is 0 Å². The maximum atomic E-state index is 13.6. The molecule has 136 valence electrons. The highest BCUT2D eigenvalue weighted by molar-refractivity contribution is 5.94. The van der Waals surface area contributed by atoms with Crippen LogP contribution in [0.25, 0.3) is 5.65 Å². The van der Waals surface area contributed by atoms with E-state index in [9.17, 15) is 9.18 Å². The molecule has 9 heteroatoms. The third-order valence-electron chi connectivity index (χ3n) is 3.72. The van der Waals surface area contributed by atoms with E-state index in [2.05, 4.69) is 25.9 Å². The number of rotatable bonds is 8. The Bertz CT molecular complexity index is 898.